The number of pyridine rings is 1. The SMILES string of the molecule is CC(C)(C)OC(N)=O.CC(C)(C)OC(N)=O.O=C(Cc1ccc(F)cc1)NC(=O)Nc1ccccc1.c1cc2[nH]ccc2cn1. The lowest BCUT2D eigenvalue weighted by Gasteiger charge is -2.16. The maximum atomic E-state index is 12.7. The summed E-state index contributed by atoms with van der Waals surface area (Å²) in [5.74, 6) is -0.819. The number of carbonyl (C=O) groups excluding carboxylic acids is 4. The number of amides is 5. The molecular weight excluding hydrogens is 583 g/mol. The topological polar surface area (TPSA) is 192 Å². The van der Waals surface area contributed by atoms with Crippen molar-refractivity contribution < 1.29 is 33.0 Å². The van der Waals surface area contributed by atoms with E-state index < -0.39 is 35.3 Å². The van der Waals surface area contributed by atoms with E-state index in [-0.39, 0.29) is 12.2 Å². The molecule has 12 nitrogen and oxygen atoms in total. The van der Waals surface area contributed by atoms with Gasteiger partial charge in [-0.25, -0.2) is 18.8 Å². The summed E-state index contributed by atoms with van der Waals surface area (Å²) < 4.78 is 21.9. The van der Waals surface area contributed by atoms with Gasteiger partial charge in [0.15, 0.2) is 0 Å². The number of halogens is 1. The van der Waals surface area contributed by atoms with Gasteiger partial charge in [0, 0.05) is 35.2 Å². The number of para-hydroxylation sites is 1. The van der Waals surface area contributed by atoms with Crippen molar-refractivity contribution in [3.63, 3.8) is 0 Å². The summed E-state index contributed by atoms with van der Waals surface area (Å²) in [7, 11) is 0. The number of fused-ring (bicyclic) bond motifs is 1. The Morgan fingerprint density at radius 2 is 1.38 bits per heavy atom. The van der Waals surface area contributed by atoms with Gasteiger partial charge in [0.05, 0.1) is 6.42 Å². The molecule has 4 rings (SSSR count). The minimum atomic E-state index is -0.725. The van der Waals surface area contributed by atoms with Gasteiger partial charge in [-0.05, 0) is 83.5 Å². The van der Waals surface area contributed by atoms with E-state index in [9.17, 15) is 23.6 Å². The molecule has 0 aliphatic rings. The van der Waals surface area contributed by atoms with Crippen molar-refractivity contribution in [1.29, 1.82) is 0 Å². The molecule has 242 valence electrons. The molecule has 0 saturated heterocycles. The average Bonchev–Trinajstić information content (AvgIpc) is 3.38. The molecule has 45 heavy (non-hydrogen) atoms. The van der Waals surface area contributed by atoms with E-state index in [0.717, 1.165) is 10.9 Å². The highest BCUT2D eigenvalue weighted by molar-refractivity contribution is 6.01. The van der Waals surface area contributed by atoms with Crippen LogP contribution in [0, 0.1) is 5.82 Å². The van der Waals surface area contributed by atoms with Crippen molar-refractivity contribution in [2.75, 3.05) is 5.32 Å². The van der Waals surface area contributed by atoms with Gasteiger partial charge >= 0.3 is 18.2 Å². The smallest absolute Gasteiger partial charge is 0.405 e. The number of nitrogens with two attached hydrogens (primary N) is 2. The number of aromatic amines is 1. The molecule has 0 bridgehead atoms. The van der Waals surface area contributed by atoms with E-state index in [2.05, 4.69) is 30.1 Å². The van der Waals surface area contributed by atoms with Crippen molar-refractivity contribution in [3.8, 4) is 0 Å². The zero-order chi connectivity index (χ0) is 34.0. The number of hydrogen-bond donors (Lipinski definition) is 5. The van der Waals surface area contributed by atoms with Gasteiger partial charge in [-0.15, -0.1) is 0 Å². The predicted molar refractivity (Wildman–Crippen MR) is 171 cm³/mol. The summed E-state index contributed by atoms with van der Waals surface area (Å²) in [5.41, 5.74) is 10.9. The number of imide groups is 1. The largest absolute Gasteiger partial charge is 0.444 e. The zero-order valence-corrected chi connectivity index (χ0v) is 26.2. The summed E-state index contributed by atoms with van der Waals surface area (Å²) in [5, 5.41) is 5.91. The minimum absolute atomic E-state index is 0.0164. The van der Waals surface area contributed by atoms with Crippen LogP contribution in [0.5, 0.6) is 0 Å². The maximum Gasteiger partial charge on any atom is 0.405 e. The number of ether oxygens (including phenoxy) is 2. The van der Waals surface area contributed by atoms with Crippen molar-refractivity contribution in [2.45, 2.75) is 59.2 Å². The molecule has 4 aromatic rings. The van der Waals surface area contributed by atoms with E-state index >= 15 is 0 Å². The Morgan fingerprint density at radius 1 is 0.822 bits per heavy atom. The van der Waals surface area contributed by atoms with Crippen LogP contribution in [0.25, 0.3) is 10.9 Å². The predicted octanol–water partition coefficient (Wildman–Crippen LogP) is 6.04. The van der Waals surface area contributed by atoms with Crippen LogP contribution in [0.4, 0.5) is 24.5 Å². The van der Waals surface area contributed by atoms with E-state index in [1.807, 2.05) is 30.6 Å². The summed E-state index contributed by atoms with van der Waals surface area (Å²) in [6, 6.07) is 17.7. The Bertz CT molecular complexity index is 1440. The summed E-state index contributed by atoms with van der Waals surface area (Å²) in [6.45, 7) is 10.6. The van der Waals surface area contributed by atoms with Crippen LogP contribution in [0.15, 0.2) is 85.3 Å². The number of nitrogens with zero attached hydrogens (tertiary/aromatic N) is 1. The van der Waals surface area contributed by atoms with Crippen LogP contribution < -0.4 is 22.1 Å². The molecule has 13 heteroatoms. The van der Waals surface area contributed by atoms with Crippen LogP contribution in [-0.2, 0) is 20.7 Å². The second-order valence-corrected chi connectivity index (χ2v) is 11.2. The molecule has 0 unspecified atom stereocenters. The Kier molecular flexibility index (Phi) is 15.2. The normalized spacial score (nSPS) is 10.3. The van der Waals surface area contributed by atoms with Gasteiger partial charge in [-0.3, -0.25) is 15.1 Å². The number of rotatable bonds is 3. The highest BCUT2D eigenvalue weighted by Gasteiger charge is 2.13. The Balaban J connectivity index is 0.000000337. The van der Waals surface area contributed by atoms with E-state index in [0.29, 0.717) is 11.3 Å². The molecule has 0 fully saturated rings. The van der Waals surface area contributed by atoms with E-state index in [1.54, 1.807) is 72.0 Å². The Morgan fingerprint density at radius 3 is 1.84 bits per heavy atom. The molecular formula is C32H41FN6O6. The third-order valence-electron chi connectivity index (χ3n) is 4.73. The molecule has 0 radical (unpaired) electrons. The third-order valence-corrected chi connectivity index (χ3v) is 4.73. The Labute approximate surface area is 261 Å². The second-order valence-electron chi connectivity index (χ2n) is 11.2. The van der Waals surface area contributed by atoms with Gasteiger partial charge in [-0.2, -0.15) is 0 Å². The van der Waals surface area contributed by atoms with Crippen LogP contribution in [0.3, 0.4) is 0 Å². The molecule has 2 aromatic heterocycles. The first-order valence-corrected chi connectivity index (χ1v) is 13.7. The van der Waals surface area contributed by atoms with Crippen molar-refractivity contribution in [2.24, 2.45) is 11.5 Å². The van der Waals surface area contributed by atoms with Gasteiger partial charge in [-0.1, -0.05) is 30.3 Å². The average molecular weight is 625 g/mol. The number of benzene rings is 2. The van der Waals surface area contributed by atoms with Crippen LogP contribution in [0.2, 0.25) is 0 Å². The highest BCUT2D eigenvalue weighted by Crippen LogP contribution is 2.08. The number of carbonyl (C=O) groups is 4. The first-order chi connectivity index (χ1) is 20.9. The first-order valence-electron chi connectivity index (χ1n) is 13.7. The fourth-order valence-electron chi connectivity index (χ4n) is 3.14. The molecule has 7 N–H and O–H groups in total. The van der Waals surface area contributed by atoms with Gasteiger partial charge < -0.3 is 31.2 Å². The molecule has 0 spiro atoms. The van der Waals surface area contributed by atoms with Crippen molar-refractivity contribution >= 4 is 40.7 Å². The van der Waals surface area contributed by atoms with E-state index in [4.69, 9.17) is 11.5 Å². The monoisotopic (exact) mass is 624 g/mol. The number of hydrogen-bond acceptors (Lipinski definition) is 7. The quantitative estimate of drug-likeness (QED) is 0.183. The van der Waals surface area contributed by atoms with Gasteiger partial charge in [0.25, 0.3) is 0 Å². The number of anilines is 1. The van der Waals surface area contributed by atoms with Crippen LogP contribution in [0.1, 0.15) is 47.1 Å². The third kappa shape index (κ3) is 19.4. The summed E-state index contributed by atoms with van der Waals surface area (Å²) >= 11 is 0. The molecule has 2 heterocycles. The lowest BCUT2D eigenvalue weighted by Crippen LogP contribution is -2.35. The zero-order valence-electron chi connectivity index (χ0n) is 26.2. The fraction of sp³-hybridized carbons (Fsp3) is 0.281. The number of H-pyrrole nitrogens is 1. The fourth-order valence-corrected chi connectivity index (χ4v) is 3.14. The molecule has 0 atom stereocenters. The maximum absolute atomic E-state index is 12.7. The first kappa shape index (κ1) is 37.6. The van der Waals surface area contributed by atoms with Crippen LogP contribution >= 0.6 is 0 Å². The minimum Gasteiger partial charge on any atom is -0.444 e. The number of primary amides is 2. The highest BCUT2D eigenvalue weighted by atomic mass is 19.1. The number of urea groups is 1. The molecule has 0 aliphatic heterocycles. The van der Waals surface area contributed by atoms with Crippen molar-refractivity contribution in [3.05, 3.63) is 96.7 Å². The van der Waals surface area contributed by atoms with Gasteiger partial charge in [0.1, 0.15) is 17.0 Å². The number of nitrogens with one attached hydrogen (secondary N) is 3. The van der Waals surface area contributed by atoms with Crippen molar-refractivity contribution in [1.82, 2.24) is 15.3 Å². The van der Waals surface area contributed by atoms with Gasteiger partial charge in [0.2, 0.25) is 5.91 Å². The molecule has 0 saturated carbocycles. The Hall–Kier alpha value is -5.46. The molecule has 0 aliphatic carbocycles. The number of aromatic nitrogens is 2. The lowest BCUT2D eigenvalue weighted by molar-refractivity contribution is -0.119. The lowest BCUT2D eigenvalue weighted by atomic mass is 10.1. The second kappa shape index (κ2) is 18.3. The summed E-state index contributed by atoms with van der Waals surface area (Å²) in [4.78, 5) is 50.3. The van der Waals surface area contributed by atoms with Crippen LogP contribution in [-0.4, -0.2) is 45.3 Å². The van der Waals surface area contributed by atoms with E-state index in [1.165, 1.54) is 24.3 Å². The standard InChI is InChI=1S/C15H13FN2O2.C7H6N2.2C5H11NO2/c16-12-8-6-11(7-9-12)10-14(19)18-15(20)17-13-4-2-1-3-5-13;1-4-9-7-2-3-8-5-6(1)7;2*1-5(2,3)8-4(6)7/h1-9H,10H2,(H2,17,18,19,20);1-5,9H;2*1-3H3,(H2,6,7). The summed E-state index contributed by atoms with van der Waals surface area (Å²) in [6.07, 6.45) is 4.09. The molecule has 2 aromatic carbocycles. The molecule has 5 amide bonds.